The molecule has 1 aromatic carbocycles. The third-order valence-electron chi connectivity index (χ3n) is 2.39. The minimum absolute atomic E-state index is 0.186. The number of amides is 1. The van der Waals surface area contributed by atoms with Gasteiger partial charge in [0.2, 0.25) is 0 Å². The van der Waals surface area contributed by atoms with Crippen molar-refractivity contribution in [2.45, 2.75) is 0 Å². The average Bonchev–Trinajstić information content (AvgIpc) is 2.66. The van der Waals surface area contributed by atoms with Gasteiger partial charge in [0.1, 0.15) is 5.82 Å². The molecule has 1 amide bonds. The highest BCUT2D eigenvalue weighted by Gasteiger charge is 2.19. The number of hydrogen-bond donors (Lipinski definition) is 0. The highest BCUT2D eigenvalue weighted by Crippen LogP contribution is 2.33. The van der Waals surface area contributed by atoms with Crippen LogP contribution in [0.2, 0.25) is 0 Å². The van der Waals surface area contributed by atoms with Gasteiger partial charge in [-0.2, -0.15) is 0 Å². The quantitative estimate of drug-likeness (QED) is 0.725. The summed E-state index contributed by atoms with van der Waals surface area (Å²) in [4.78, 5) is 13.7. The molecule has 94 valence electrons. The smallest absolute Gasteiger partial charge is 0.260 e. The minimum atomic E-state index is -0.363. The molecular formula is C12H8Br2FNOS. The molecule has 0 saturated carbocycles. The van der Waals surface area contributed by atoms with Crippen molar-refractivity contribution in [1.29, 1.82) is 0 Å². The van der Waals surface area contributed by atoms with Crippen molar-refractivity contribution in [1.82, 2.24) is 0 Å². The van der Waals surface area contributed by atoms with Gasteiger partial charge in [-0.25, -0.2) is 4.39 Å². The predicted octanol–water partition coefficient (Wildman–Crippen LogP) is 4.69. The van der Waals surface area contributed by atoms with Crippen LogP contribution >= 0.6 is 43.2 Å². The summed E-state index contributed by atoms with van der Waals surface area (Å²) in [5.74, 6) is -0.549. The van der Waals surface area contributed by atoms with Crippen molar-refractivity contribution in [3.8, 4) is 0 Å². The Balaban J connectivity index is 2.32. The Hall–Kier alpha value is -0.720. The summed E-state index contributed by atoms with van der Waals surface area (Å²) in [6.45, 7) is 0. The van der Waals surface area contributed by atoms with Crippen molar-refractivity contribution < 1.29 is 9.18 Å². The molecule has 0 saturated heterocycles. The van der Waals surface area contributed by atoms with E-state index < -0.39 is 0 Å². The fraction of sp³-hybridized carbons (Fsp3) is 0.0833. The number of hydrogen-bond acceptors (Lipinski definition) is 2. The summed E-state index contributed by atoms with van der Waals surface area (Å²) in [6.07, 6.45) is 0. The van der Waals surface area contributed by atoms with Crippen LogP contribution in [0.4, 0.5) is 10.1 Å². The van der Waals surface area contributed by atoms with Gasteiger partial charge < -0.3 is 4.90 Å². The van der Waals surface area contributed by atoms with Crippen LogP contribution in [0, 0.1) is 5.82 Å². The zero-order valence-electron chi connectivity index (χ0n) is 9.28. The average molecular weight is 393 g/mol. The highest BCUT2D eigenvalue weighted by atomic mass is 79.9. The molecule has 2 nitrogen and oxygen atoms in total. The number of rotatable bonds is 2. The van der Waals surface area contributed by atoms with Crippen molar-refractivity contribution >= 4 is 54.8 Å². The molecule has 18 heavy (non-hydrogen) atoms. The number of halogens is 3. The second-order valence-electron chi connectivity index (χ2n) is 3.58. The highest BCUT2D eigenvalue weighted by molar-refractivity contribution is 9.12. The van der Waals surface area contributed by atoms with Gasteiger partial charge in [0.05, 0.1) is 13.1 Å². The number of benzene rings is 1. The Bertz CT molecular complexity index is 600. The number of anilines is 1. The zero-order chi connectivity index (χ0) is 13.3. The van der Waals surface area contributed by atoms with Crippen LogP contribution in [0.3, 0.4) is 0 Å². The molecular weight excluding hydrogens is 385 g/mol. The lowest BCUT2D eigenvalue weighted by Crippen LogP contribution is -2.26. The molecule has 0 spiro atoms. The lowest BCUT2D eigenvalue weighted by atomic mass is 10.2. The van der Waals surface area contributed by atoms with E-state index in [-0.39, 0.29) is 11.7 Å². The Morgan fingerprint density at radius 1 is 1.33 bits per heavy atom. The van der Waals surface area contributed by atoms with Crippen LogP contribution in [0.25, 0.3) is 0 Å². The van der Waals surface area contributed by atoms with Gasteiger partial charge in [-0.15, -0.1) is 11.3 Å². The molecule has 6 heteroatoms. The molecule has 2 rings (SSSR count). The molecule has 0 radical (unpaired) electrons. The largest absolute Gasteiger partial charge is 0.311 e. The fourth-order valence-corrected chi connectivity index (χ4v) is 4.25. The summed E-state index contributed by atoms with van der Waals surface area (Å²) in [5.41, 5.74) is 1.08. The van der Waals surface area contributed by atoms with E-state index in [0.717, 1.165) is 7.57 Å². The molecule has 0 bridgehead atoms. The first kappa shape index (κ1) is 13.7. The van der Waals surface area contributed by atoms with Crippen LogP contribution in [0.1, 0.15) is 10.4 Å². The monoisotopic (exact) mass is 391 g/mol. The van der Waals surface area contributed by atoms with Crippen LogP contribution in [-0.4, -0.2) is 13.0 Å². The molecule has 0 aliphatic heterocycles. The molecule has 0 atom stereocenters. The van der Waals surface area contributed by atoms with Crippen molar-refractivity contribution in [3.05, 3.63) is 49.3 Å². The maximum atomic E-state index is 13.1. The fourth-order valence-electron chi connectivity index (χ4n) is 1.47. The van der Waals surface area contributed by atoms with Crippen LogP contribution in [-0.2, 0) is 0 Å². The number of nitrogens with zero attached hydrogens (tertiary/aromatic N) is 1. The van der Waals surface area contributed by atoms with Gasteiger partial charge >= 0.3 is 0 Å². The maximum absolute atomic E-state index is 13.1. The number of carbonyl (C=O) groups is 1. The first-order valence-electron chi connectivity index (χ1n) is 4.97. The van der Waals surface area contributed by atoms with Gasteiger partial charge in [-0.3, -0.25) is 4.79 Å². The lowest BCUT2D eigenvalue weighted by molar-refractivity contribution is 0.0993. The standard InChI is InChI=1S/C12H8Br2FNOS/c1-16(8-4-2-3-7(15)5-8)12(17)9-6-10(13)18-11(9)14/h2-6H,1H3. The Kier molecular flexibility index (Phi) is 4.19. The number of carbonyl (C=O) groups excluding carboxylic acids is 1. The van der Waals surface area contributed by atoms with Crippen molar-refractivity contribution in [2.24, 2.45) is 0 Å². The van der Waals surface area contributed by atoms with Gasteiger partial charge in [-0.1, -0.05) is 6.07 Å². The molecule has 2 aromatic rings. The van der Waals surface area contributed by atoms with Gasteiger partial charge in [-0.05, 0) is 56.1 Å². The normalized spacial score (nSPS) is 10.4. The molecule has 0 aliphatic rings. The van der Waals surface area contributed by atoms with Gasteiger partial charge in [0.25, 0.3) is 5.91 Å². The molecule has 0 unspecified atom stereocenters. The summed E-state index contributed by atoms with van der Waals surface area (Å²) >= 11 is 8.09. The minimum Gasteiger partial charge on any atom is -0.311 e. The van der Waals surface area contributed by atoms with E-state index >= 15 is 0 Å². The molecule has 1 aromatic heterocycles. The van der Waals surface area contributed by atoms with Gasteiger partial charge in [0, 0.05) is 12.7 Å². The second-order valence-corrected chi connectivity index (χ2v) is 7.33. The Morgan fingerprint density at radius 2 is 2.06 bits per heavy atom. The first-order valence-corrected chi connectivity index (χ1v) is 7.37. The third kappa shape index (κ3) is 2.81. The Morgan fingerprint density at radius 3 is 2.61 bits per heavy atom. The van der Waals surface area contributed by atoms with Crippen molar-refractivity contribution in [3.63, 3.8) is 0 Å². The lowest BCUT2D eigenvalue weighted by Gasteiger charge is -2.16. The van der Waals surface area contributed by atoms with E-state index in [4.69, 9.17) is 0 Å². The third-order valence-corrected chi connectivity index (χ3v) is 4.73. The topological polar surface area (TPSA) is 20.3 Å². The van der Waals surface area contributed by atoms with E-state index in [0.29, 0.717) is 11.3 Å². The van der Waals surface area contributed by atoms with E-state index in [2.05, 4.69) is 31.9 Å². The molecule has 0 aliphatic carbocycles. The van der Waals surface area contributed by atoms with E-state index in [9.17, 15) is 9.18 Å². The summed E-state index contributed by atoms with van der Waals surface area (Å²) in [5, 5.41) is 0. The summed E-state index contributed by atoms with van der Waals surface area (Å²) in [6, 6.07) is 7.68. The van der Waals surface area contributed by atoms with Crippen LogP contribution in [0.15, 0.2) is 37.9 Å². The number of thiophene rings is 1. The second kappa shape index (κ2) is 5.50. The summed E-state index contributed by atoms with van der Waals surface area (Å²) in [7, 11) is 1.62. The summed E-state index contributed by atoms with van der Waals surface area (Å²) < 4.78 is 14.7. The zero-order valence-corrected chi connectivity index (χ0v) is 13.3. The molecule has 0 N–H and O–H groups in total. The van der Waals surface area contributed by atoms with Crippen molar-refractivity contribution in [2.75, 3.05) is 11.9 Å². The maximum Gasteiger partial charge on any atom is 0.260 e. The van der Waals surface area contributed by atoms with E-state index in [1.807, 2.05) is 0 Å². The van der Waals surface area contributed by atoms with E-state index in [1.165, 1.54) is 28.4 Å². The van der Waals surface area contributed by atoms with Crippen LogP contribution in [0.5, 0.6) is 0 Å². The Labute approximate surface area is 125 Å². The SMILES string of the molecule is CN(C(=O)c1cc(Br)sc1Br)c1cccc(F)c1. The molecule has 0 fully saturated rings. The predicted molar refractivity (Wildman–Crippen MR) is 78.9 cm³/mol. The van der Waals surface area contributed by atoms with Gasteiger partial charge in [0.15, 0.2) is 0 Å². The van der Waals surface area contributed by atoms with E-state index in [1.54, 1.807) is 25.2 Å². The first-order chi connectivity index (χ1) is 8.49. The molecule has 1 heterocycles. The van der Waals surface area contributed by atoms with Crippen LogP contribution < -0.4 is 4.90 Å².